The molecule has 8 radical (unpaired) electrons. The Kier molecular flexibility index (Phi) is 63.6. The van der Waals surface area contributed by atoms with E-state index >= 15 is 0 Å². The summed E-state index contributed by atoms with van der Waals surface area (Å²) in [5, 5.41) is 0. The zero-order chi connectivity index (χ0) is 18.4. The van der Waals surface area contributed by atoms with Gasteiger partial charge in [-0.15, -0.1) is 0 Å². The van der Waals surface area contributed by atoms with Crippen molar-refractivity contribution in [2.75, 3.05) is 0 Å². The van der Waals surface area contributed by atoms with Gasteiger partial charge in [0.25, 0.3) is 27.2 Å². The fraction of sp³-hybridized carbons (Fsp3) is 0.692. The van der Waals surface area contributed by atoms with Crippen molar-refractivity contribution >= 4 is 35.8 Å². The molecule has 0 N–H and O–H groups in total. The molecule has 0 spiro atoms. The molecule has 0 saturated carbocycles. The standard InChI is InChI=1S/C9H21O3P.4CO.Ru/c1-7(2)10-13(11-8(3)4)12-9(5)6;4*1-2;/h7-9H,1-6H3;;;;;. The van der Waals surface area contributed by atoms with Crippen molar-refractivity contribution in [2.45, 2.75) is 59.9 Å². The molecule has 0 aliphatic carbocycles. The van der Waals surface area contributed by atoms with Crippen LogP contribution in [0.4, 0.5) is 0 Å². The number of rotatable bonds is 6. The molecule has 9 heteroatoms. The Morgan fingerprint density at radius 1 is 0.545 bits per heavy atom. The smallest absolute Gasteiger partial charge is 0.309 e. The second-order valence-corrected chi connectivity index (χ2v) is 4.77. The number of hydrogen-bond acceptors (Lipinski definition) is 7. The van der Waals surface area contributed by atoms with Gasteiger partial charge in [-0.05, 0) is 41.5 Å². The van der Waals surface area contributed by atoms with E-state index in [1.165, 1.54) is 0 Å². The number of carbonyl (C=O) groups excluding carboxylic acids is 4. The molecular formula is C13H21O7PRu. The monoisotopic (exact) mass is 422 g/mol. The summed E-state index contributed by atoms with van der Waals surface area (Å²) in [6.45, 7) is 29.8. The van der Waals surface area contributed by atoms with E-state index in [4.69, 9.17) is 32.7 Å². The average Bonchev–Trinajstić information content (AvgIpc) is 2.45. The Balaban J connectivity index is -0.0000000613. The first-order valence-corrected chi connectivity index (χ1v) is 6.63. The molecule has 128 valence electrons. The van der Waals surface area contributed by atoms with Crippen molar-refractivity contribution in [3.63, 3.8) is 0 Å². The maximum absolute atomic E-state index is 7.50. The minimum absolute atomic E-state index is 0. The largest absolute Gasteiger partial charge is 0.333 e. The number of hydrogen-bond donors (Lipinski definition) is 0. The molecule has 22 heavy (non-hydrogen) atoms. The first-order chi connectivity index (χ1) is 9.91. The third-order valence-corrected chi connectivity index (χ3v) is 2.67. The van der Waals surface area contributed by atoms with Crippen LogP contribution in [0.5, 0.6) is 0 Å². The molecule has 0 rings (SSSR count). The van der Waals surface area contributed by atoms with Crippen molar-refractivity contribution < 1.29 is 52.2 Å². The summed E-state index contributed by atoms with van der Waals surface area (Å²) >= 11 is 0. The van der Waals surface area contributed by atoms with E-state index < -0.39 is 8.60 Å². The van der Waals surface area contributed by atoms with Crippen LogP contribution in [0.15, 0.2) is 0 Å². The van der Waals surface area contributed by atoms with Crippen molar-refractivity contribution in [3.05, 3.63) is 0 Å². The molecule has 0 saturated heterocycles. The predicted octanol–water partition coefficient (Wildman–Crippen LogP) is 1.90. The van der Waals surface area contributed by atoms with Gasteiger partial charge < -0.3 is 13.6 Å². The third kappa shape index (κ3) is 50.4. The molecule has 0 heterocycles. The Labute approximate surface area is 148 Å². The second kappa shape index (κ2) is 37.1. The average molecular weight is 421 g/mol. The van der Waals surface area contributed by atoms with Gasteiger partial charge in [-0.1, -0.05) is 0 Å². The van der Waals surface area contributed by atoms with Crippen LogP contribution in [-0.2, 0) is 52.2 Å². The summed E-state index contributed by atoms with van der Waals surface area (Å²) < 4.78 is 16.5. The molecule has 0 aromatic heterocycles. The van der Waals surface area contributed by atoms with Crippen molar-refractivity contribution in [1.29, 1.82) is 0 Å². The van der Waals surface area contributed by atoms with E-state index in [-0.39, 0.29) is 37.8 Å². The minimum atomic E-state index is -1.18. The van der Waals surface area contributed by atoms with Gasteiger partial charge >= 0.3 is 8.60 Å². The quantitative estimate of drug-likeness (QED) is 0.477. The molecule has 0 aliphatic heterocycles. The van der Waals surface area contributed by atoms with Crippen molar-refractivity contribution in [2.24, 2.45) is 0 Å². The maximum Gasteiger partial charge on any atom is 0.333 e. The summed E-state index contributed by atoms with van der Waals surface area (Å²) in [5.74, 6) is 0. The predicted molar refractivity (Wildman–Crippen MR) is 78.4 cm³/mol. The fourth-order valence-electron chi connectivity index (χ4n) is 0.591. The van der Waals surface area contributed by atoms with Crippen LogP contribution < -0.4 is 0 Å². The van der Waals surface area contributed by atoms with Crippen LogP contribution in [0.3, 0.4) is 0 Å². The van der Waals surface area contributed by atoms with Gasteiger partial charge in [0, 0.05) is 19.5 Å². The van der Waals surface area contributed by atoms with E-state index in [1.807, 2.05) is 41.5 Å². The summed E-state index contributed by atoms with van der Waals surface area (Å²) in [6, 6.07) is 0. The Morgan fingerprint density at radius 2 is 0.682 bits per heavy atom. The van der Waals surface area contributed by atoms with Gasteiger partial charge in [-0.25, -0.2) is 0 Å². The van der Waals surface area contributed by atoms with Crippen LogP contribution in [0.1, 0.15) is 41.5 Å². The fourth-order valence-corrected chi connectivity index (χ4v) is 1.77. The summed E-state index contributed by atoms with van der Waals surface area (Å²) in [4.78, 5) is 30.0. The molecule has 0 fully saturated rings. The maximum atomic E-state index is 7.50. The summed E-state index contributed by atoms with van der Waals surface area (Å²) in [5.41, 5.74) is 0. The molecule has 0 aromatic carbocycles. The zero-order valence-electron chi connectivity index (χ0n) is 13.4. The Morgan fingerprint density at radius 3 is 0.773 bits per heavy atom. The second-order valence-electron chi connectivity index (χ2n) is 3.69. The van der Waals surface area contributed by atoms with Crippen molar-refractivity contribution in [3.8, 4) is 0 Å². The van der Waals surface area contributed by atoms with Crippen LogP contribution in [0.2, 0.25) is 0 Å². The normalized spacial score (nSPS) is 8.09. The molecule has 0 aliphatic rings. The van der Waals surface area contributed by atoms with E-state index in [1.54, 1.807) is 0 Å². The summed E-state index contributed by atoms with van der Waals surface area (Å²) in [7, 11) is -1.18. The van der Waals surface area contributed by atoms with E-state index in [0.29, 0.717) is 0 Å². The molecule has 0 bridgehead atoms. The molecular weight excluding hydrogens is 400 g/mol. The molecule has 7 nitrogen and oxygen atoms in total. The van der Waals surface area contributed by atoms with Crippen LogP contribution in [-0.4, -0.2) is 45.5 Å². The van der Waals surface area contributed by atoms with Gasteiger partial charge in [0.2, 0.25) is 0 Å². The van der Waals surface area contributed by atoms with Gasteiger partial charge in [-0.2, -0.15) is 0 Å². The Hall–Kier alpha value is -0.387. The summed E-state index contributed by atoms with van der Waals surface area (Å²) in [6.07, 6.45) is 0.427. The first kappa shape index (κ1) is 37.7. The van der Waals surface area contributed by atoms with E-state index in [2.05, 4.69) is 27.2 Å². The van der Waals surface area contributed by atoms with E-state index in [9.17, 15) is 0 Å². The van der Waals surface area contributed by atoms with Gasteiger partial charge in [0.15, 0.2) is 0 Å². The van der Waals surface area contributed by atoms with Gasteiger partial charge in [-0.3, -0.25) is 19.2 Å². The molecule has 0 atom stereocenters. The Bertz CT molecular complexity index is 154. The topological polar surface area (TPSA) is 96.0 Å². The van der Waals surface area contributed by atoms with Crippen LogP contribution >= 0.6 is 8.60 Å². The first-order valence-electron chi connectivity index (χ1n) is 5.54. The van der Waals surface area contributed by atoms with Gasteiger partial charge in [0.1, 0.15) is 0 Å². The van der Waals surface area contributed by atoms with Crippen LogP contribution in [0.25, 0.3) is 0 Å². The molecule has 0 unspecified atom stereocenters. The SMILES string of the molecule is CC(C)OP(OC(C)C)OC(C)C.[C]=O.[C]=O.[C]=O.[C]=O.[Ru]. The third-order valence-electron chi connectivity index (χ3n) is 0.891. The van der Waals surface area contributed by atoms with Crippen LogP contribution in [0, 0.1) is 0 Å². The minimum Gasteiger partial charge on any atom is -0.309 e. The molecule has 0 aromatic rings. The van der Waals surface area contributed by atoms with Crippen molar-refractivity contribution in [1.82, 2.24) is 0 Å². The zero-order valence-corrected chi connectivity index (χ0v) is 16.0. The van der Waals surface area contributed by atoms with Gasteiger partial charge in [0.05, 0.1) is 18.3 Å². The molecule has 0 amide bonds. The van der Waals surface area contributed by atoms with E-state index in [0.717, 1.165) is 0 Å².